The predicted octanol–water partition coefficient (Wildman–Crippen LogP) is 7.79. The van der Waals surface area contributed by atoms with Crippen LogP contribution in [-0.4, -0.2) is 73.3 Å². The number of carbonyl (C=O) groups excluding carboxylic acids is 4. The van der Waals surface area contributed by atoms with E-state index in [-0.39, 0.29) is 35.3 Å². The first-order chi connectivity index (χ1) is 27.0. The molecule has 4 aromatic rings. The minimum Gasteiger partial charge on any atom is -0.385 e. The molecule has 3 amide bonds. The van der Waals surface area contributed by atoms with E-state index < -0.39 is 23.6 Å². The predicted molar refractivity (Wildman–Crippen MR) is 207 cm³/mol. The summed E-state index contributed by atoms with van der Waals surface area (Å²) < 4.78 is 44.8. The number of rotatable bonds is 13. The lowest BCUT2D eigenvalue weighted by molar-refractivity contribution is -0.137. The van der Waals surface area contributed by atoms with Crippen LogP contribution in [0.2, 0.25) is 0 Å². The zero-order valence-electron chi connectivity index (χ0n) is 31.4. The Balaban J connectivity index is 1.20. The SMILES string of the molecule is COCCCC(=O)[C@@H]1CCCN(C(=O)c2cccc(C(=O)Nc3ccc(N4CCCCC4)cc3-c3cc(C(=O)NCc4cccc(C(F)(F)F)c4)ccn3)c2)C1. The third kappa shape index (κ3) is 10.2. The van der Waals surface area contributed by atoms with Crippen molar-refractivity contribution in [2.45, 2.75) is 57.7 Å². The van der Waals surface area contributed by atoms with Gasteiger partial charge in [0.2, 0.25) is 0 Å². The number of pyridine rings is 1. The first-order valence-electron chi connectivity index (χ1n) is 19.0. The van der Waals surface area contributed by atoms with E-state index in [2.05, 4.69) is 20.5 Å². The number of likely N-dealkylation sites (tertiary alicyclic amines) is 1. The van der Waals surface area contributed by atoms with Gasteiger partial charge in [0.25, 0.3) is 17.7 Å². The maximum absolute atomic E-state index is 13.8. The molecule has 1 aromatic heterocycles. The number of alkyl halides is 3. The Hall–Kier alpha value is -5.56. The summed E-state index contributed by atoms with van der Waals surface area (Å²) in [6, 6.07) is 20.0. The highest BCUT2D eigenvalue weighted by atomic mass is 19.4. The highest BCUT2D eigenvalue weighted by molar-refractivity contribution is 6.08. The summed E-state index contributed by atoms with van der Waals surface area (Å²) in [6.07, 6.45) is 2.71. The smallest absolute Gasteiger partial charge is 0.385 e. The number of piperidine rings is 2. The standard InChI is InChI=1S/C43H46F3N5O5/c1-56-22-8-14-39(52)33-12-7-21-51(28-33)42(55)32-11-6-10-30(24-32)41(54)49-37-16-15-35(50-19-3-2-4-20-50)26-36(37)38-25-31(17-18-47-38)40(53)48-27-29-9-5-13-34(23-29)43(44,45)46/h5-6,9-11,13,15-18,23-26,33H,2-4,7-8,12,14,19-22,27-28H2,1H3,(H,48,53)(H,49,54)/t33-/m1/s1. The molecule has 2 saturated heterocycles. The molecule has 2 N–H and O–H groups in total. The minimum absolute atomic E-state index is 0.112. The number of ketones is 1. The van der Waals surface area contributed by atoms with Crippen LogP contribution in [0.4, 0.5) is 24.5 Å². The molecular formula is C43H46F3N5O5. The summed E-state index contributed by atoms with van der Waals surface area (Å²) in [5.41, 5.74) is 2.70. The third-order valence-electron chi connectivity index (χ3n) is 10.3. The molecule has 56 heavy (non-hydrogen) atoms. The number of nitrogens with one attached hydrogen (secondary N) is 2. The molecule has 2 aliphatic heterocycles. The third-order valence-corrected chi connectivity index (χ3v) is 10.3. The van der Waals surface area contributed by atoms with Gasteiger partial charge in [-0.05, 0) is 105 Å². The van der Waals surface area contributed by atoms with Gasteiger partial charge >= 0.3 is 6.18 Å². The fourth-order valence-electron chi connectivity index (χ4n) is 7.25. The number of nitrogens with zero attached hydrogens (tertiary/aromatic N) is 3. The Labute approximate surface area is 324 Å². The second-order valence-corrected chi connectivity index (χ2v) is 14.3. The molecule has 1 atom stereocenters. The zero-order chi connectivity index (χ0) is 39.7. The highest BCUT2D eigenvalue weighted by Crippen LogP contribution is 2.34. The second-order valence-electron chi connectivity index (χ2n) is 14.3. The van der Waals surface area contributed by atoms with E-state index in [4.69, 9.17) is 4.74 Å². The highest BCUT2D eigenvalue weighted by Gasteiger charge is 2.31. The maximum Gasteiger partial charge on any atom is 0.416 e. The van der Waals surface area contributed by atoms with E-state index >= 15 is 0 Å². The molecule has 13 heteroatoms. The number of anilines is 2. The summed E-state index contributed by atoms with van der Waals surface area (Å²) in [5, 5.41) is 5.69. The molecular weight excluding hydrogens is 723 g/mol. The van der Waals surface area contributed by atoms with Crippen LogP contribution in [0.3, 0.4) is 0 Å². The Bertz CT molecular complexity index is 2050. The number of hydrogen-bond donors (Lipinski definition) is 2. The van der Waals surface area contributed by atoms with Gasteiger partial charge in [-0.3, -0.25) is 24.2 Å². The first kappa shape index (κ1) is 40.1. The van der Waals surface area contributed by atoms with Crippen molar-refractivity contribution in [1.29, 1.82) is 0 Å². The Morgan fingerprint density at radius 1 is 0.839 bits per heavy atom. The van der Waals surface area contributed by atoms with Crippen molar-refractivity contribution in [1.82, 2.24) is 15.2 Å². The summed E-state index contributed by atoms with van der Waals surface area (Å²) >= 11 is 0. The largest absolute Gasteiger partial charge is 0.416 e. The fourth-order valence-corrected chi connectivity index (χ4v) is 7.25. The fraction of sp³-hybridized carbons (Fsp3) is 0.372. The van der Waals surface area contributed by atoms with Crippen molar-refractivity contribution in [3.63, 3.8) is 0 Å². The van der Waals surface area contributed by atoms with Crippen molar-refractivity contribution in [2.24, 2.45) is 5.92 Å². The lowest BCUT2D eigenvalue weighted by Crippen LogP contribution is -2.42. The molecule has 10 nitrogen and oxygen atoms in total. The molecule has 0 radical (unpaired) electrons. The summed E-state index contributed by atoms with van der Waals surface area (Å²) in [7, 11) is 1.60. The van der Waals surface area contributed by atoms with Gasteiger partial charge in [0.15, 0.2) is 0 Å². The molecule has 0 spiro atoms. The summed E-state index contributed by atoms with van der Waals surface area (Å²) in [4.78, 5) is 62.0. The quantitative estimate of drug-likeness (QED) is 0.133. The number of amides is 3. The summed E-state index contributed by atoms with van der Waals surface area (Å²) in [5.74, 6) is -1.29. The Kier molecular flexibility index (Phi) is 13.2. The molecule has 0 aliphatic carbocycles. The van der Waals surface area contributed by atoms with Gasteiger partial charge in [-0.2, -0.15) is 13.2 Å². The van der Waals surface area contributed by atoms with Crippen LogP contribution in [0.15, 0.2) is 85.1 Å². The number of halogens is 3. The van der Waals surface area contributed by atoms with Gasteiger partial charge in [0, 0.05) is 92.9 Å². The van der Waals surface area contributed by atoms with E-state index in [9.17, 15) is 32.3 Å². The molecule has 294 valence electrons. The second kappa shape index (κ2) is 18.4. The number of ether oxygens (including phenoxy) is 1. The number of Topliss-reactive ketones (excluding diaryl/α,β-unsaturated/α-hetero) is 1. The number of carbonyl (C=O) groups is 4. The number of methoxy groups -OCH3 is 1. The van der Waals surface area contributed by atoms with Crippen molar-refractivity contribution < 1.29 is 37.1 Å². The van der Waals surface area contributed by atoms with Crippen LogP contribution in [0.25, 0.3) is 11.3 Å². The van der Waals surface area contributed by atoms with E-state index in [0.29, 0.717) is 60.6 Å². The van der Waals surface area contributed by atoms with E-state index in [1.165, 1.54) is 24.4 Å². The lowest BCUT2D eigenvalue weighted by atomic mass is 9.91. The van der Waals surface area contributed by atoms with Gasteiger partial charge in [-0.15, -0.1) is 0 Å². The Morgan fingerprint density at radius 2 is 1.61 bits per heavy atom. The molecule has 6 rings (SSSR count). The normalized spacial score (nSPS) is 16.0. The monoisotopic (exact) mass is 769 g/mol. The van der Waals surface area contributed by atoms with Crippen LogP contribution in [0, 0.1) is 5.92 Å². The van der Waals surface area contributed by atoms with Crippen molar-refractivity contribution >= 4 is 34.9 Å². The van der Waals surface area contributed by atoms with Gasteiger partial charge in [0.1, 0.15) is 5.78 Å². The van der Waals surface area contributed by atoms with Gasteiger partial charge in [-0.1, -0.05) is 18.2 Å². The summed E-state index contributed by atoms with van der Waals surface area (Å²) in [6.45, 7) is 3.00. The van der Waals surface area contributed by atoms with Crippen LogP contribution in [0.1, 0.15) is 87.1 Å². The molecule has 2 aliphatic rings. The molecule has 0 saturated carbocycles. The average Bonchev–Trinajstić information content (AvgIpc) is 3.23. The number of benzene rings is 3. The van der Waals surface area contributed by atoms with Crippen molar-refractivity contribution in [3.8, 4) is 11.3 Å². The van der Waals surface area contributed by atoms with Gasteiger partial charge < -0.3 is 25.2 Å². The van der Waals surface area contributed by atoms with Gasteiger partial charge in [0.05, 0.1) is 16.9 Å². The molecule has 3 heterocycles. The maximum atomic E-state index is 13.8. The topological polar surface area (TPSA) is 121 Å². The molecule has 0 unspecified atom stereocenters. The zero-order valence-corrected chi connectivity index (χ0v) is 31.4. The first-order valence-corrected chi connectivity index (χ1v) is 19.0. The van der Waals surface area contributed by atoms with E-state index in [0.717, 1.165) is 63.0 Å². The molecule has 2 fully saturated rings. The number of hydrogen-bond acceptors (Lipinski definition) is 7. The Morgan fingerprint density at radius 3 is 2.39 bits per heavy atom. The van der Waals surface area contributed by atoms with Gasteiger partial charge in [-0.25, -0.2) is 0 Å². The van der Waals surface area contributed by atoms with Crippen molar-refractivity contribution in [3.05, 3.63) is 113 Å². The van der Waals surface area contributed by atoms with Crippen LogP contribution in [-0.2, 0) is 22.3 Å². The molecule has 3 aromatic carbocycles. The lowest BCUT2D eigenvalue weighted by Gasteiger charge is -2.32. The van der Waals surface area contributed by atoms with E-state index in [1.54, 1.807) is 48.4 Å². The molecule has 0 bridgehead atoms. The average molecular weight is 770 g/mol. The van der Waals surface area contributed by atoms with Crippen LogP contribution in [0.5, 0.6) is 0 Å². The van der Waals surface area contributed by atoms with Crippen LogP contribution >= 0.6 is 0 Å². The van der Waals surface area contributed by atoms with Crippen LogP contribution < -0.4 is 15.5 Å². The minimum atomic E-state index is -4.50. The van der Waals surface area contributed by atoms with E-state index in [1.807, 2.05) is 12.1 Å². The number of aromatic nitrogens is 1. The van der Waals surface area contributed by atoms with Crippen molar-refractivity contribution in [2.75, 3.05) is 50.1 Å².